The molecule has 3 heterocycles. The molecule has 0 spiro atoms. The number of nitrogens with two attached hydrogens (primary N) is 1. The van der Waals surface area contributed by atoms with Gasteiger partial charge in [0.1, 0.15) is 10.6 Å². The lowest BCUT2D eigenvalue weighted by Gasteiger charge is -2.27. The summed E-state index contributed by atoms with van der Waals surface area (Å²) in [5, 5.41) is 1.14. The number of anilines is 2. The third-order valence-electron chi connectivity index (χ3n) is 4.34. The Morgan fingerprint density at radius 1 is 1.38 bits per heavy atom. The van der Waals surface area contributed by atoms with Gasteiger partial charge >= 0.3 is 0 Å². The lowest BCUT2D eigenvalue weighted by Crippen LogP contribution is -2.26. The van der Waals surface area contributed by atoms with E-state index >= 15 is 0 Å². The molecule has 2 aromatic heterocycles. The Balaban J connectivity index is 2.00. The molecule has 3 rings (SSSR count). The van der Waals surface area contributed by atoms with Crippen LogP contribution in [0.5, 0.6) is 0 Å². The van der Waals surface area contributed by atoms with Crippen molar-refractivity contribution in [2.75, 3.05) is 23.4 Å². The van der Waals surface area contributed by atoms with Gasteiger partial charge in [0.05, 0.1) is 5.39 Å². The molecule has 1 saturated heterocycles. The van der Waals surface area contributed by atoms with Crippen LogP contribution < -0.4 is 16.2 Å². The van der Waals surface area contributed by atoms with Gasteiger partial charge < -0.3 is 4.90 Å². The molecule has 3 N–H and O–H groups in total. The molecule has 0 aliphatic carbocycles. The molecule has 0 saturated carbocycles. The van der Waals surface area contributed by atoms with Crippen LogP contribution >= 0.6 is 11.3 Å². The monoisotopic (exact) mass is 305 g/mol. The largest absolute Gasteiger partial charge is 0.356 e. The molecule has 0 radical (unpaired) electrons. The number of hydrazine groups is 1. The molecule has 1 aliphatic rings. The molecule has 5 nitrogen and oxygen atoms in total. The first-order chi connectivity index (χ1) is 9.88. The van der Waals surface area contributed by atoms with Gasteiger partial charge in [0.25, 0.3) is 0 Å². The summed E-state index contributed by atoms with van der Waals surface area (Å²) in [5.41, 5.74) is 2.93. The van der Waals surface area contributed by atoms with Crippen molar-refractivity contribution in [3.63, 3.8) is 0 Å². The van der Waals surface area contributed by atoms with Crippen molar-refractivity contribution >= 4 is 33.3 Å². The fraction of sp³-hybridized carbons (Fsp3) is 0.600. The molecule has 6 heteroatoms. The van der Waals surface area contributed by atoms with E-state index in [1.54, 1.807) is 11.3 Å². The Morgan fingerprint density at radius 3 is 2.76 bits per heavy atom. The van der Waals surface area contributed by atoms with Gasteiger partial charge in [-0.25, -0.2) is 10.8 Å². The number of hydrogen-bond acceptors (Lipinski definition) is 6. The first-order valence-corrected chi connectivity index (χ1v) is 8.20. The normalized spacial score (nSPS) is 19.5. The van der Waals surface area contributed by atoms with Gasteiger partial charge in [-0.1, -0.05) is 20.8 Å². The Morgan fingerprint density at radius 2 is 2.14 bits per heavy atom. The number of rotatable bonds is 2. The van der Waals surface area contributed by atoms with Crippen LogP contribution in [0.4, 0.5) is 11.8 Å². The molecular formula is C15H23N5S. The predicted octanol–water partition coefficient (Wildman–Crippen LogP) is 3.16. The number of aryl methyl sites for hydroxylation is 1. The van der Waals surface area contributed by atoms with Crippen molar-refractivity contribution in [2.45, 2.75) is 34.1 Å². The van der Waals surface area contributed by atoms with E-state index in [9.17, 15) is 0 Å². The van der Waals surface area contributed by atoms with Crippen molar-refractivity contribution in [3.05, 3.63) is 10.9 Å². The molecule has 1 fully saturated rings. The van der Waals surface area contributed by atoms with E-state index in [1.807, 2.05) is 0 Å². The number of nitrogen functional groups attached to an aromatic ring is 1. The fourth-order valence-corrected chi connectivity index (χ4v) is 3.87. The van der Waals surface area contributed by atoms with Crippen molar-refractivity contribution in [3.8, 4) is 0 Å². The quantitative estimate of drug-likeness (QED) is 0.659. The Bertz CT molecular complexity index is 658. The zero-order chi connectivity index (χ0) is 15.2. The van der Waals surface area contributed by atoms with Crippen molar-refractivity contribution in [1.82, 2.24) is 9.97 Å². The van der Waals surface area contributed by atoms with E-state index in [-0.39, 0.29) is 0 Å². The average Bonchev–Trinajstić information content (AvgIpc) is 3.01. The Kier molecular flexibility index (Phi) is 3.53. The molecule has 1 atom stereocenters. The zero-order valence-corrected chi connectivity index (χ0v) is 13.9. The molecule has 0 amide bonds. The van der Waals surface area contributed by atoms with Gasteiger partial charge in [0.15, 0.2) is 0 Å². The van der Waals surface area contributed by atoms with E-state index < -0.39 is 0 Å². The van der Waals surface area contributed by atoms with E-state index in [4.69, 9.17) is 5.84 Å². The number of nitrogens with zero attached hydrogens (tertiary/aromatic N) is 3. The van der Waals surface area contributed by atoms with Crippen molar-refractivity contribution in [2.24, 2.45) is 17.2 Å². The molecule has 21 heavy (non-hydrogen) atoms. The third kappa shape index (κ3) is 2.70. The van der Waals surface area contributed by atoms with E-state index in [2.05, 4.69) is 54.1 Å². The van der Waals surface area contributed by atoms with Crippen LogP contribution in [0.25, 0.3) is 10.2 Å². The second-order valence-corrected chi connectivity index (χ2v) is 8.12. The minimum absolute atomic E-state index is 0.334. The van der Waals surface area contributed by atoms with Crippen LogP contribution in [0, 0.1) is 18.3 Å². The van der Waals surface area contributed by atoms with Crippen LogP contribution in [-0.4, -0.2) is 23.1 Å². The van der Waals surface area contributed by atoms with Crippen LogP contribution in [0.15, 0.2) is 6.07 Å². The highest BCUT2D eigenvalue weighted by Gasteiger charge is 2.33. The maximum atomic E-state index is 5.52. The van der Waals surface area contributed by atoms with Gasteiger partial charge in [0, 0.05) is 18.0 Å². The van der Waals surface area contributed by atoms with E-state index in [0.29, 0.717) is 17.3 Å². The molecular weight excluding hydrogens is 282 g/mol. The van der Waals surface area contributed by atoms with Crippen LogP contribution in [-0.2, 0) is 0 Å². The summed E-state index contributed by atoms with van der Waals surface area (Å²) in [6, 6.07) is 2.18. The van der Waals surface area contributed by atoms with Crippen LogP contribution in [0.3, 0.4) is 0 Å². The summed E-state index contributed by atoms with van der Waals surface area (Å²) in [7, 11) is 0. The highest BCUT2D eigenvalue weighted by molar-refractivity contribution is 7.18. The van der Waals surface area contributed by atoms with Crippen LogP contribution in [0.2, 0.25) is 0 Å². The lowest BCUT2D eigenvalue weighted by molar-refractivity contribution is 0.263. The molecule has 1 aliphatic heterocycles. The number of aromatic nitrogens is 2. The Hall–Kier alpha value is -1.40. The minimum atomic E-state index is 0.334. The van der Waals surface area contributed by atoms with E-state index in [1.165, 1.54) is 11.3 Å². The van der Waals surface area contributed by atoms with Crippen molar-refractivity contribution < 1.29 is 0 Å². The summed E-state index contributed by atoms with van der Waals surface area (Å²) in [5.74, 6) is 7.73. The van der Waals surface area contributed by atoms with Gasteiger partial charge in [-0.15, -0.1) is 11.3 Å². The smallest absolute Gasteiger partial charge is 0.240 e. The van der Waals surface area contributed by atoms with Gasteiger partial charge in [0.2, 0.25) is 5.95 Å². The number of thiophene rings is 1. The highest BCUT2D eigenvalue weighted by Crippen LogP contribution is 2.38. The summed E-state index contributed by atoms with van der Waals surface area (Å²) < 4.78 is 0. The fourth-order valence-electron chi connectivity index (χ4n) is 2.99. The first-order valence-electron chi connectivity index (χ1n) is 7.38. The standard InChI is InChI=1S/C15H23N5S/c1-9-7-11-12(17-14(19-16)18-13(11)21-9)20-6-5-10(8-20)15(2,3)4/h7,10H,5-6,8,16H2,1-4H3,(H,17,18,19). The van der Waals surface area contributed by atoms with Gasteiger partial charge in [-0.3, -0.25) is 5.43 Å². The average molecular weight is 305 g/mol. The minimum Gasteiger partial charge on any atom is -0.356 e. The molecule has 1 unspecified atom stereocenters. The predicted molar refractivity (Wildman–Crippen MR) is 89.7 cm³/mol. The summed E-state index contributed by atoms with van der Waals surface area (Å²) in [6.45, 7) is 11.2. The summed E-state index contributed by atoms with van der Waals surface area (Å²) in [4.78, 5) is 13.7. The molecule has 114 valence electrons. The van der Waals surface area contributed by atoms with Crippen LogP contribution in [0.1, 0.15) is 32.1 Å². The number of nitrogens with one attached hydrogen (secondary N) is 1. The topological polar surface area (TPSA) is 67.1 Å². The third-order valence-corrected chi connectivity index (χ3v) is 5.28. The zero-order valence-electron chi connectivity index (χ0n) is 13.1. The number of hydrogen-bond donors (Lipinski definition) is 2. The molecule has 0 bridgehead atoms. The SMILES string of the molecule is Cc1cc2c(N3CCC(C(C)(C)C)C3)nc(NN)nc2s1. The van der Waals surface area contributed by atoms with E-state index in [0.717, 1.165) is 29.1 Å². The van der Waals surface area contributed by atoms with Crippen molar-refractivity contribution in [1.29, 1.82) is 0 Å². The summed E-state index contributed by atoms with van der Waals surface area (Å²) >= 11 is 1.69. The maximum absolute atomic E-state index is 5.52. The molecule has 0 aromatic carbocycles. The first kappa shape index (κ1) is 14.5. The Labute approximate surface area is 129 Å². The van der Waals surface area contributed by atoms with Gasteiger partial charge in [-0.05, 0) is 30.7 Å². The maximum Gasteiger partial charge on any atom is 0.240 e. The highest BCUT2D eigenvalue weighted by atomic mass is 32.1. The second kappa shape index (κ2) is 5.10. The number of fused-ring (bicyclic) bond motifs is 1. The summed E-state index contributed by atoms with van der Waals surface area (Å²) in [6.07, 6.45) is 1.21. The lowest BCUT2D eigenvalue weighted by atomic mass is 9.80. The second-order valence-electron chi connectivity index (χ2n) is 6.89. The van der Waals surface area contributed by atoms with Gasteiger partial charge in [-0.2, -0.15) is 4.98 Å². The molecule has 2 aromatic rings.